The third-order valence-electron chi connectivity index (χ3n) is 11.3. The van der Waals surface area contributed by atoms with Crippen LogP contribution in [0.2, 0.25) is 0 Å². The maximum absolute atomic E-state index is 5.25. The van der Waals surface area contributed by atoms with E-state index in [1.54, 1.807) is 0 Å². The number of nitrogens with zero attached hydrogens (tertiary/aromatic N) is 4. The Kier molecular flexibility index (Phi) is 10.3. The maximum atomic E-state index is 5.25. The summed E-state index contributed by atoms with van der Waals surface area (Å²) in [6.45, 7) is 0. The zero-order valence-electron chi connectivity index (χ0n) is 33.4. The van der Waals surface area contributed by atoms with Gasteiger partial charge in [0.05, 0.1) is 22.8 Å². The molecule has 10 aromatic rings. The van der Waals surface area contributed by atoms with Crippen LogP contribution in [0.4, 0.5) is 0 Å². The molecule has 0 aliphatic heterocycles. The predicted octanol–water partition coefficient (Wildman–Crippen LogP) is 10.6. The van der Waals surface area contributed by atoms with Gasteiger partial charge in [0.25, 0.3) is 0 Å². The predicted molar refractivity (Wildman–Crippen MR) is 254 cm³/mol. The molecular formula is C56H40N4Si. The van der Waals surface area contributed by atoms with Gasteiger partial charge in [0.1, 0.15) is 0 Å². The average molecular weight is 797 g/mol. The van der Waals surface area contributed by atoms with Gasteiger partial charge in [-0.05, 0) is 32.9 Å². The first-order valence-corrected chi connectivity index (χ1v) is 22.6. The van der Waals surface area contributed by atoms with E-state index < -0.39 is 8.07 Å². The molecule has 0 radical (unpaired) electrons. The summed E-state index contributed by atoms with van der Waals surface area (Å²) in [6.07, 6.45) is 0. The molecular weight excluding hydrogens is 757 g/mol. The zero-order valence-corrected chi connectivity index (χ0v) is 34.4. The zero-order chi connectivity index (χ0) is 40.9. The number of rotatable bonds is 10. The van der Waals surface area contributed by atoms with Crippen LogP contribution in [0.5, 0.6) is 0 Å². The van der Waals surface area contributed by atoms with Crippen LogP contribution in [-0.2, 0) is 0 Å². The van der Waals surface area contributed by atoms with Crippen LogP contribution in [0.25, 0.3) is 67.8 Å². The first-order valence-electron chi connectivity index (χ1n) is 20.6. The van der Waals surface area contributed by atoms with Gasteiger partial charge in [0.15, 0.2) is 19.7 Å². The van der Waals surface area contributed by atoms with Crippen molar-refractivity contribution in [1.82, 2.24) is 19.9 Å². The Bertz CT molecular complexity index is 2730. The summed E-state index contributed by atoms with van der Waals surface area (Å²) in [6, 6.07) is 85.6. The van der Waals surface area contributed by atoms with Crippen molar-refractivity contribution in [2.24, 2.45) is 0 Å². The van der Waals surface area contributed by atoms with Gasteiger partial charge in [-0.25, -0.2) is 19.9 Å². The lowest BCUT2D eigenvalue weighted by atomic mass is 10.1. The Hall–Kier alpha value is -7.86. The Balaban J connectivity index is 1.20. The quantitative estimate of drug-likeness (QED) is 0.102. The second-order valence-electron chi connectivity index (χ2n) is 15.0. The van der Waals surface area contributed by atoms with Crippen LogP contribution < -0.4 is 20.7 Å². The molecule has 0 fully saturated rings. The molecule has 2 heterocycles. The van der Waals surface area contributed by atoms with Crippen LogP contribution in [-0.4, -0.2) is 28.0 Å². The fraction of sp³-hybridized carbons (Fsp3) is 0. The van der Waals surface area contributed by atoms with Gasteiger partial charge in [-0.1, -0.05) is 231 Å². The van der Waals surface area contributed by atoms with Crippen molar-refractivity contribution in [1.29, 1.82) is 0 Å². The Labute approximate surface area is 357 Å². The highest BCUT2D eigenvalue weighted by Crippen LogP contribution is 2.30. The minimum Gasteiger partial charge on any atom is -0.228 e. The molecule has 288 valence electrons. The molecule has 8 aromatic carbocycles. The molecule has 0 aliphatic carbocycles. The molecule has 0 N–H and O–H groups in total. The Morgan fingerprint density at radius 1 is 0.213 bits per heavy atom. The molecule has 0 bridgehead atoms. The van der Waals surface area contributed by atoms with Crippen LogP contribution in [0, 0.1) is 0 Å². The normalized spacial score (nSPS) is 11.3. The fourth-order valence-corrected chi connectivity index (χ4v) is 13.2. The van der Waals surface area contributed by atoms with Gasteiger partial charge in [0, 0.05) is 33.4 Å². The highest BCUT2D eigenvalue weighted by Gasteiger charge is 2.42. The van der Waals surface area contributed by atoms with Gasteiger partial charge < -0.3 is 0 Å². The Morgan fingerprint density at radius 2 is 0.475 bits per heavy atom. The van der Waals surface area contributed by atoms with Crippen molar-refractivity contribution in [3.8, 4) is 67.8 Å². The third-order valence-corrected chi connectivity index (χ3v) is 16.0. The summed E-state index contributed by atoms with van der Waals surface area (Å²) >= 11 is 0. The van der Waals surface area contributed by atoms with Gasteiger partial charge in [-0.2, -0.15) is 0 Å². The number of hydrogen-bond donors (Lipinski definition) is 0. The molecule has 61 heavy (non-hydrogen) atoms. The first kappa shape index (κ1) is 37.4. The molecule has 2 aromatic heterocycles. The van der Waals surface area contributed by atoms with Crippen LogP contribution in [0.1, 0.15) is 0 Å². The van der Waals surface area contributed by atoms with E-state index >= 15 is 0 Å². The molecule has 0 aliphatic rings. The van der Waals surface area contributed by atoms with Gasteiger partial charge >= 0.3 is 0 Å². The van der Waals surface area contributed by atoms with E-state index in [-0.39, 0.29) is 0 Å². The summed E-state index contributed by atoms with van der Waals surface area (Å²) in [5, 5.41) is 5.06. The van der Waals surface area contributed by atoms with Crippen LogP contribution in [0.3, 0.4) is 0 Å². The molecule has 5 heteroatoms. The third kappa shape index (κ3) is 7.51. The van der Waals surface area contributed by atoms with Crippen molar-refractivity contribution in [3.05, 3.63) is 243 Å². The monoisotopic (exact) mass is 796 g/mol. The number of aromatic nitrogens is 4. The molecule has 0 spiro atoms. The average Bonchev–Trinajstić information content (AvgIpc) is 3.36. The lowest BCUT2D eigenvalue weighted by Crippen LogP contribution is -2.74. The van der Waals surface area contributed by atoms with E-state index in [0.29, 0.717) is 11.6 Å². The summed E-state index contributed by atoms with van der Waals surface area (Å²) in [5.41, 5.74) is 9.61. The molecule has 0 saturated carbocycles. The standard InChI is InChI=1S/C56H40N4Si/c1-7-21-41(22-8-1)51-39-53(59-55(57-51)43-25-11-3-12-26-43)45-29-19-35-49(37-45)61(47-31-15-5-16-32-47,48-33-17-6-18-34-48)50-36-20-30-46(38-50)54-40-52(42-23-9-2-10-24-42)58-56(60-54)44-27-13-4-14-28-44/h1-40H. The highest BCUT2D eigenvalue weighted by atomic mass is 28.3. The van der Waals surface area contributed by atoms with Crippen molar-refractivity contribution >= 4 is 28.8 Å². The lowest BCUT2D eigenvalue weighted by Gasteiger charge is -2.35. The van der Waals surface area contributed by atoms with Crippen molar-refractivity contribution in [2.45, 2.75) is 0 Å². The van der Waals surface area contributed by atoms with E-state index in [1.807, 2.05) is 48.5 Å². The summed E-state index contributed by atoms with van der Waals surface area (Å²) in [4.78, 5) is 20.7. The Morgan fingerprint density at radius 3 is 0.820 bits per heavy atom. The highest BCUT2D eigenvalue weighted by molar-refractivity contribution is 7.20. The second kappa shape index (κ2) is 16.8. The van der Waals surface area contributed by atoms with E-state index in [2.05, 4.69) is 194 Å². The SMILES string of the molecule is c1ccc(-c2cc(-c3cccc([Si](c4ccccc4)(c4ccccc4)c4cccc(-c5cc(-c6ccccc6)nc(-c6ccccc6)n5)c4)c3)nc(-c3ccccc3)n2)cc1. The minimum absolute atomic E-state index is 0.694. The van der Waals surface area contributed by atoms with E-state index in [1.165, 1.54) is 20.7 Å². The van der Waals surface area contributed by atoms with Crippen molar-refractivity contribution in [3.63, 3.8) is 0 Å². The smallest absolute Gasteiger partial charge is 0.179 e. The number of hydrogen-bond acceptors (Lipinski definition) is 4. The summed E-state index contributed by atoms with van der Waals surface area (Å²) in [5.74, 6) is 1.39. The summed E-state index contributed by atoms with van der Waals surface area (Å²) < 4.78 is 0. The van der Waals surface area contributed by atoms with Crippen LogP contribution in [0.15, 0.2) is 243 Å². The molecule has 0 atom stereocenters. The number of benzene rings is 8. The van der Waals surface area contributed by atoms with Gasteiger partial charge in [-0.3, -0.25) is 0 Å². The second-order valence-corrected chi connectivity index (χ2v) is 18.8. The molecule has 4 nitrogen and oxygen atoms in total. The molecule has 0 saturated heterocycles. The van der Waals surface area contributed by atoms with E-state index in [9.17, 15) is 0 Å². The first-order chi connectivity index (χ1) is 30.2. The minimum atomic E-state index is -3.03. The molecule has 10 rings (SSSR count). The largest absolute Gasteiger partial charge is 0.228 e. The summed E-state index contributed by atoms with van der Waals surface area (Å²) in [7, 11) is -3.03. The maximum Gasteiger partial charge on any atom is 0.179 e. The van der Waals surface area contributed by atoms with E-state index in [4.69, 9.17) is 19.9 Å². The van der Waals surface area contributed by atoms with Crippen molar-refractivity contribution < 1.29 is 0 Å². The van der Waals surface area contributed by atoms with E-state index in [0.717, 1.165) is 56.2 Å². The molecule has 0 unspecified atom stereocenters. The molecule has 0 amide bonds. The van der Waals surface area contributed by atoms with Gasteiger partial charge in [0.2, 0.25) is 0 Å². The van der Waals surface area contributed by atoms with Gasteiger partial charge in [-0.15, -0.1) is 0 Å². The fourth-order valence-electron chi connectivity index (χ4n) is 8.34. The van der Waals surface area contributed by atoms with Crippen LogP contribution >= 0.6 is 0 Å². The topological polar surface area (TPSA) is 51.6 Å². The lowest BCUT2D eigenvalue weighted by molar-refractivity contribution is 1.18. The van der Waals surface area contributed by atoms with Crippen molar-refractivity contribution in [2.75, 3.05) is 0 Å².